The molecule has 5 heteroatoms. The van der Waals surface area contributed by atoms with E-state index >= 15 is 0 Å². The standard InChI is InChI=1S/C18H14N2O3/c1-12-7-9-13(10-8-12)16(21)23-18(11-19)14-5-3-4-6-15(14)20(2)17(18)22/h3-10H,1-2H3. The van der Waals surface area contributed by atoms with Crippen LogP contribution in [0.4, 0.5) is 5.69 Å². The third-order valence-corrected chi connectivity index (χ3v) is 3.94. The normalized spacial score (nSPS) is 19.2. The smallest absolute Gasteiger partial charge is 0.340 e. The van der Waals surface area contributed by atoms with Gasteiger partial charge in [-0.1, -0.05) is 35.9 Å². The third-order valence-electron chi connectivity index (χ3n) is 3.94. The summed E-state index contributed by atoms with van der Waals surface area (Å²) in [5, 5.41) is 9.62. The summed E-state index contributed by atoms with van der Waals surface area (Å²) in [5.41, 5.74) is 0.308. The topological polar surface area (TPSA) is 70.4 Å². The van der Waals surface area contributed by atoms with Crippen LogP contribution in [0.3, 0.4) is 0 Å². The summed E-state index contributed by atoms with van der Waals surface area (Å²) in [5.74, 6) is -1.27. The fraction of sp³-hybridized carbons (Fsp3) is 0.167. The molecule has 3 rings (SSSR count). The number of nitriles is 1. The average Bonchev–Trinajstić information content (AvgIpc) is 2.78. The van der Waals surface area contributed by atoms with Crippen molar-refractivity contribution in [2.24, 2.45) is 0 Å². The molecule has 2 aromatic carbocycles. The van der Waals surface area contributed by atoms with E-state index in [9.17, 15) is 14.9 Å². The maximum absolute atomic E-state index is 12.6. The molecule has 1 amide bonds. The molecule has 1 aliphatic rings. The van der Waals surface area contributed by atoms with E-state index in [1.807, 2.05) is 13.0 Å². The highest BCUT2D eigenvalue weighted by atomic mass is 16.6. The van der Waals surface area contributed by atoms with Crippen molar-refractivity contribution in [2.75, 3.05) is 11.9 Å². The number of esters is 1. The summed E-state index contributed by atoms with van der Waals surface area (Å²) >= 11 is 0. The first kappa shape index (κ1) is 14.8. The number of fused-ring (bicyclic) bond motifs is 1. The van der Waals surface area contributed by atoms with E-state index in [0.717, 1.165) is 5.56 Å². The number of hydrogen-bond donors (Lipinski definition) is 0. The lowest BCUT2D eigenvalue weighted by Gasteiger charge is -2.20. The predicted molar refractivity (Wildman–Crippen MR) is 83.7 cm³/mol. The maximum Gasteiger partial charge on any atom is 0.340 e. The Bertz CT molecular complexity index is 836. The monoisotopic (exact) mass is 306 g/mol. The molecule has 5 nitrogen and oxygen atoms in total. The molecular weight excluding hydrogens is 292 g/mol. The molecule has 0 saturated carbocycles. The number of benzene rings is 2. The predicted octanol–water partition coefficient (Wildman–Crippen LogP) is 2.55. The molecule has 0 aromatic heterocycles. The fourth-order valence-corrected chi connectivity index (χ4v) is 2.64. The second-order valence-electron chi connectivity index (χ2n) is 5.43. The molecule has 0 aliphatic carbocycles. The van der Waals surface area contributed by atoms with Crippen LogP contribution in [0.2, 0.25) is 0 Å². The zero-order valence-corrected chi connectivity index (χ0v) is 12.7. The first-order chi connectivity index (χ1) is 11.0. The minimum atomic E-state index is -1.94. The highest BCUT2D eigenvalue weighted by molar-refractivity contribution is 6.10. The molecule has 1 heterocycles. The van der Waals surface area contributed by atoms with Crippen LogP contribution in [0.5, 0.6) is 0 Å². The number of aryl methyl sites for hydroxylation is 1. The maximum atomic E-state index is 12.6. The van der Waals surface area contributed by atoms with Gasteiger partial charge in [-0.3, -0.25) is 4.79 Å². The van der Waals surface area contributed by atoms with Crippen molar-refractivity contribution in [3.63, 3.8) is 0 Å². The highest BCUT2D eigenvalue weighted by Gasteiger charge is 2.54. The molecule has 2 aromatic rings. The van der Waals surface area contributed by atoms with Gasteiger partial charge in [-0.25, -0.2) is 4.79 Å². The van der Waals surface area contributed by atoms with Crippen LogP contribution >= 0.6 is 0 Å². The van der Waals surface area contributed by atoms with Gasteiger partial charge < -0.3 is 9.64 Å². The molecule has 0 bridgehead atoms. The average molecular weight is 306 g/mol. The van der Waals surface area contributed by atoms with Crippen LogP contribution in [0, 0.1) is 18.3 Å². The van der Waals surface area contributed by atoms with Crippen molar-refractivity contribution in [1.82, 2.24) is 0 Å². The Morgan fingerprint density at radius 2 is 1.83 bits per heavy atom. The number of hydrogen-bond acceptors (Lipinski definition) is 4. The lowest BCUT2D eigenvalue weighted by atomic mass is 9.96. The number of carbonyl (C=O) groups excluding carboxylic acids is 2. The lowest BCUT2D eigenvalue weighted by Crippen LogP contribution is -2.41. The zero-order valence-electron chi connectivity index (χ0n) is 12.7. The van der Waals surface area contributed by atoms with Crippen molar-refractivity contribution in [3.8, 4) is 6.07 Å². The zero-order chi connectivity index (χ0) is 16.6. The van der Waals surface area contributed by atoms with E-state index in [1.165, 1.54) is 4.90 Å². The van der Waals surface area contributed by atoms with Crippen LogP contribution in [0.1, 0.15) is 21.5 Å². The van der Waals surface area contributed by atoms with E-state index in [-0.39, 0.29) is 0 Å². The molecular formula is C18H14N2O3. The van der Waals surface area contributed by atoms with Gasteiger partial charge in [-0.15, -0.1) is 0 Å². The van der Waals surface area contributed by atoms with Crippen LogP contribution in [0.25, 0.3) is 0 Å². The molecule has 1 atom stereocenters. The van der Waals surface area contributed by atoms with Crippen molar-refractivity contribution in [1.29, 1.82) is 5.26 Å². The number of anilines is 1. The molecule has 0 fully saturated rings. The molecule has 114 valence electrons. The van der Waals surface area contributed by atoms with Crippen LogP contribution in [-0.4, -0.2) is 18.9 Å². The van der Waals surface area contributed by atoms with Gasteiger partial charge in [0.15, 0.2) is 0 Å². The van der Waals surface area contributed by atoms with Gasteiger partial charge in [0.1, 0.15) is 6.07 Å². The first-order valence-corrected chi connectivity index (χ1v) is 7.08. The SMILES string of the molecule is Cc1ccc(C(=O)OC2(C#N)C(=O)N(C)c3ccccc32)cc1. The quantitative estimate of drug-likeness (QED) is 0.799. The first-order valence-electron chi connectivity index (χ1n) is 7.08. The minimum absolute atomic E-state index is 0.296. The van der Waals surface area contributed by atoms with Gasteiger partial charge in [0, 0.05) is 12.6 Å². The van der Waals surface area contributed by atoms with Crippen LogP contribution in [-0.2, 0) is 15.1 Å². The molecule has 0 spiro atoms. The van der Waals surface area contributed by atoms with Gasteiger partial charge in [0.2, 0.25) is 0 Å². The van der Waals surface area contributed by atoms with E-state index in [4.69, 9.17) is 4.74 Å². The Kier molecular flexibility index (Phi) is 3.38. The Morgan fingerprint density at radius 1 is 1.17 bits per heavy atom. The second kappa shape index (κ2) is 5.25. The molecule has 1 aliphatic heterocycles. The number of nitrogens with zero attached hydrogens (tertiary/aromatic N) is 2. The molecule has 23 heavy (non-hydrogen) atoms. The van der Waals surface area contributed by atoms with Crippen molar-refractivity contribution < 1.29 is 14.3 Å². The fourth-order valence-electron chi connectivity index (χ4n) is 2.64. The van der Waals surface area contributed by atoms with Crippen LogP contribution < -0.4 is 4.90 Å². The Hall–Kier alpha value is -3.13. The van der Waals surface area contributed by atoms with Gasteiger partial charge in [0.05, 0.1) is 11.3 Å². The summed E-state index contributed by atoms with van der Waals surface area (Å²) in [6.07, 6.45) is 0. The summed E-state index contributed by atoms with van der Waals surface area (Å²) in [7, 11) is 1.56. The Balaban J connectivity index is 2.03. The summed E-state index contributed by atoms with van der Waals surface area (Å²) in [4.78, 5) is 26.3. The number of amides is 1. The number of ether oxygens (including phenoxy) is 1. The number of carbonyl (C=O) groups is 2. The van der Waals surface area contributed by atoms with E-state index in [1.54, 1.807) is 55.6 Å². The Labute approximate surface area is 133 Å². The minimum Gasteiger partial charge on any atom is -0.426 e. The molecule has 0 radical (unpaired) electrons. The third kappa shape index (κ3) is 2.16. The summed E-state index contributed by atoms with van der Waals surface area (Å²) < 4.78 is 5.39. The Morgan fingerprint density at radius 3 is 2.48 bits per heavy atom. The highest BCUT2D eigenvalue weighted by Crippen LogP contribution is 2.42. The van der Waals surface area contributed by atoms with Gasteiger partial charge in [-0.05, 0) is 25.1 Å². The number of likely N-dealkylation sites (N-methyl/N-ethyl adjacent to an activating group) is 1. The van der Waals surface area contributed by atoms with E-state index in [2.05, 4.69) is 0 Å². The van der Waals surface area contributed by atoms with Crippen molar-refractivity contribution >= 4 is 17.6 Å². The van der Waals surface area contributed by atoms with Gasteiger partial charge >= 0.3 is 11.6 Å². The molecule has 1 unspecified atom stereocenters. The summed E-state index contributed by atoms with van der Waals surface area (Å²) in [6.45, 7) is 1.90. The summed E-state index contributed by atoms with van der Waals surface area (Å²) in [6, 6.07) is 15.5. The van der Waals surface area contributed by atoms with E-state index < -0.39 is 17.5 Å². The van der Waals surface area contributed by atoms with Gasteiger partial charge in [-0.2, -0.15) is 5.26 Å². The van der Waals surface area contributed by atoms with Crippen molar-refractivity contribution in [3.05, 3.63) is 65.2 Å². The van der Waals surface area contributed by atoms with Crippen molar-refractivity contribution in [2.45, 2.75) is 12.5 Å². The lowest BCUT2D eigenvalue weighted by molar-refractivity contribution is -0.131. The molecule has 0 saturated heterocycles. The van der Waals surface area contributed by atoms with Gasteiger partial charge in [0.25, 0.3) is 5.91 Å². The largest absolute Gasteiger partial charge is 0.426 e. The van der Waals surface area contributed by atoms with E-state index in [0.29, 0.717) is 16.8 Å². The number of para-hydroxylation sites is 1. The number of rotatable bonds is 2. The van der Waals surface area contributed by atoms with Crippen LogP contribution in [0.15, 0.2) is 48.5 Å². The second-order valence-corrected chi connectivity index (χ2v) is 5.43. The molecule has 0 N–H and O–H groups in total.